The minimum Gasteiger partial charge on any atom is -0.497 e. The van der Waals surface area contributed by atoms with Crippen LogP contribution in [0.15, 0.2) is 65.8 Å². The van der Waals surface area contributed by atoms with E-state index < -0.39 is 11.0 Å². The van der Waals surface area contributed by atoms with Gasteiger partial charge in [0.15, 0.2) is 0 Å². The van der Waals surface area contributed by atoms with E-state index in [4.69, 9.17) is 9.47 Å². The molecule has 0 spiro atoms. The number of rotatable bonds is 11. The Balaban J connectivity index is 1.34. The number of benzene rings is 2. The minimum atomic E-state index is -0.455. The van der Waals surface area contributed by atoms with Crippen LogP contribution >= 0.6 is 23.7 Å². The Morgan fingerprint density at radius 2 is 1.95 bits per heavy atom. The lowest BCUT2D eigenvalue weighted by molar-refractivity contribution is -0.384. The molecule has 38 heavy (non-hydrogen) atoms. The SMILES string of the molecule is COc1ccc(CS[C@H]2C[C@@H](/C=C/CSN3NN=CN3C)N(C(=O)OCc3ccc([N+](=O)[O-])cc3)C2)cc1. The second kappa shape index (κ2) is 13.4. The molecule has 2 heterocycles. The van der Waals surface area contributed by atoms with Crippen LogP contribution in [0.5, 0.6) is 5.75 Å². The number of hydrogen-bond acceptors (Lipinski definition) is 11. The summed E-state index contributed by atoms with van der Waals surface area (Å²) < 4.78 is 12.6. The molecule has 202 valence electrons. The van der Waals surface area contributed by atoms with E-state index in [0.29, 0.717) is 17.9 Å². The van der Waals surface area contributed by atoms with E-state index in [0.717, 1.165) is 17.9 Å². The van der Waals surface area contributed by atoms with Gasteiger partial charge in [-0.3, -0.25) is 15.1 Å². The van der Waals surface area contributed by atoms with Crippen molar-refractivity contribution in [3.8, 4) is 5.75 Å². The highest BCUT2D eigenvalue weighted by molar-refractivity contribution is 7.99. The van der Waals surface area contributed by atoms with Gasteiger partial charge in [-0.15, -0.1) is 0 Å². The predicted octanol–water partition coefficient (Wildman–Crippen LogP) is 4.43. The first-order valence-electron chi connectivity index (χ1n) is 12.0. The number of methoxy groups -OCH3 is 1. The molecule has 11 nitrogen and oxygen atoms in total. The molecular formula is C25H30N6O5S2. The highest BCUT2D eigenvalue weighted by Crippen LogP contribution is 2.32. The second-order valence-electron chi connectivity index (χ2n) is 8.63. The fourth-order valence-corrected chi connectivity index (χ4v) is 5.83. The summed E-state index contributed by atoms with van der Waals surface area (Å²) >= 11 is 3.36. The first-order chi connectivity index (χ1) is 18.4. The monoisotopic (exact) mass is 558 g/mol. The molecule has 0 aromatic heterocycles. The number of nitro groups is 1. The zero-order valence-corrected chi connectivity index (χ0v) is 22.8. The fraction of sp³-hybridized carbons (Fsp3) is 0.360. The molecule has 2 aromatic rings. The molecule has 4 rings (SSSR count). The molecule has 1 N–H and O–H groups in total. The molecule has 13 heteroatoms. The molecule has 1 fully saturated rings. The molecule has 2 aromatic carbocycles. The summed E-state index contributed by atoms with van der Waals surface area (Å²) in [6.45, 7) is 0.628. The maximum Gasteiger partial charge on any atom is 0.410 e. The van der Waals surface area contributed by atoms with E-state index in [1.165, 1.54) is 17.7 Å². The second-order valence-corrected chi connectivity index (χ2v) is 10.9. The molecular weight excluding hydrogens is 528 g/mol. The van der Waals surface area contributed by atoms with Crippen LogP contribution in [-0.2, 0) is 17.1 Å². The standard InChI is InChI=1S/C25H30N6O5S2/c1-28-18-26-27-31(28)38-13-3-4-22-14-24(37-17-20-7-11-23(35-2)12-8-20)15-29(22)25(32)36-16-19-5-9-21(10-6-19)30(33)34/h3-12,18,22,24,27H,13-17H2,1-2H3/b4-3+/t22-,24+/m1/s1. The van der Waals surface area contributed by atoms with Crippen LogP contribution in [0.1, 0.15) is 17.5 Å². The molecule has 2 atom stereocenters. The number of non-ortho nitro benzene ring substituents is 1. The molecule has 0 unspecified atom stereocenters. The first kappa shape index (κ1) is 27.6. The third-order valence-electron chi connectivity index (χ3n) is 6.00. The van der Waals surface area contributed by atoms with Crippen molar-refractivity contribution in [1.82, 2.24) is 20.0 Å². The van der Waals surface area contributed by atoms with Gasteiger partial charge < -0.3 is 14.4 Å². The summed E-state index contributed by atoms with van der Waals surface area (Å²) in [7, 11) is 3.54. The molecule has 0 bridgehead atoms. The number of nitrogens with one attached hydrogen (secondary N) is 1. The predicted molar refractivity (Wildman–Crippen MR) is 149 cm³/mol. The van der Waals surface area contributed by atoms with Crippen LogP contribution in [0.25, 0.3) is 0 Å². The number of hydrogen-bond donors (Lipinski definition) is 1. The number of ether oxygens (including phenoxy) is 2. The average Bonchev–Trinajstić information content (AvgIpc) is 3.54. The third kappa shape index (κ3) is 7.55. The van der Waals surface area contributed by atoms with E-state index >= 15 is 0 Å². The van der Waals surface area contributed by atoms with Crippen LogP contribution in [0, 0.1) is 10.1 Å². The largest absolute Gasteiger partial charge is 0.497 e. The number of likely N-dealkylation sites (tertiary alicyclic amines) is 1. The van der Waals surface area contributed by atoms with Crippen molar-refractivity contribution in [2.45, 2.75) is 30.1 Å². The van der Waals surface area contributed by atoms with Gasteiger partial charge in [0.2, 0.25) is 0 Å². The zero-order valence-electron chi connectivity index (χ0n) is 21.1. The molecule has 2 aliphatic heterocycles. The zero-order chi connectivity index (χ0) is 26.9. The molecule has 0 radical (unpaired) electrons. The minimum absolute atomic E-state index is 0.00121. The Bertz CT molecular complexity index is 1150. The number of amides is 1. The number of nitrogens with zero attached hydrogens (tertiary/aromatic N) is 5. The van der Waals surface area contributed by atoms with Crippen LogP contribution < -0.4 is 10.3 Å². The summed E-state index contributed by atoms with van der Waals surface area (Å²) in [6, 6.07) is 13.9. The summed E-state index contributed by atoms with van der Waals surface area (Å²) in [4.78, 5) is 25.3. The molecule has 1 amide bonds. The van der Waals surface area contributed by atoms with Gasteiger partial charge in [-0.1, -0.05) is 28.8 Å². The first-order valence-corrected chi connectivity index (χ1v) is 13.9. The number of hydrazine groups is 2. The summed E-state index contributed by atoms with van der Waals surface area (Å²) in [5.41, 5.74) is 4.77. The van der Waals surface area contributed by atoms with Gasteiger partial charge in [-0.25, -0.2) is 10.3 Å². The Hall–Kier alpha value is -3.42. The van der Waals surface area contributed by atoms with Gasteiger partial charge in [-0.2, -0.15) is 16.9 Å². The quantitative estimate of drug-likeness (QED) is 0.184. The van der Waals surface area contributed by atoms with E-state index in [-0.39, 0.29) is 23.6 Å². The molecule has 1 saturated heterocycles. The van der Waals surface area contributed by atoms with Crippen molar-refractivity contribution in [1.29, 1.82) is 0 Å². The van der Waals surface area contributed by atoms with E-state index in [1.54, 1.807) is 42.4 Å². The van der Waals surface area contributed by atoms with E-state index in [9.17, 15) is 14.9 Å². The fourth-order valence-electron chi connectivity index (χ4n) is 3.94. The Morgan fingerprint density at radius 3 is 2.61 bits per heavy atom. The molecule has 0 saturated carbocycles. The number of nitro benzene ring substituents is 1. The number of hydrazone groups is 1. The van der Waals surface area contributed by atoms with Crippen LogP contribution in [-0.4, -0.2) is 69.5 Å². The molecule has 0 aliphatic carbocycles. The highest BCUT2D eigenvalue weighted by atomic mass is 32.2. The van der Waals surface area contributed by atoms with Crippen molar-refractivity contribution in [2.24, 2.45) is 5.10 Å². The highest BCUT2D eigenvalue weighted by Gasteiger charge is 2.35. The number of carbonyl (C=O) groups excluding carboxylic acids is 1. The Labute approximate surface area is 230 Å². The maximum atomic E-state index is 13.1. The smallest absolute Gasteiger partial charge is 0.410 e. The van der Waals surface area contributed by atoms with Gasteiger partial charge >= 0.3 is 6.09 Å². The van der Waals surface area contributed by atoms with Gasteiger partial charge in [0.1, 0.15) is 18.7 Å². The van der Waals surface area contributed by atoms with Crippen molar-refractivity contribution in [2.75, 3.05) is 26.5 Å². The lowest BCUT2D eigenvalue weighted by atomic mass is 10.2. The lowest BCUT2D eigenvalue weighted by Gasteiger charge is -2.22. The summed E-state index contributed by atoms with van der Waals surface area (Å²) in [5.74, 6) is 2.36. The van der Waals surface area contributed by atoms with Gasteiger partial charge in [0.05, 0.1) is 18.1 Å². The van der Waals surface area contributed by atoms with Crippen molar-refractivity contribution >= 4 is 41.8 Å². The average molecular weight is 559 g/mol. The number of carbonyl (C=O) groups is 1. The van der Waals surface area contributed by atoms with Crippen molar-refractivity contribution in [3.63, 3.8) is 0 Å². The van der Waals surface area contributed by atoms with Crippen molar-refractivity contribution < 1.29 is 19.2 Å². The lowest BCUT2D eigenvalue weighted by Crippen LogP contribution is -2.35. The van der Waals surface area contributed by atoms with Gasteiger partial charge in [0, 0.05) is 42.5 Å². The maximum absolute atomic E-state index is 13.1. The summed E-state index contributed by atoms with van der Waals surface area (Å²) in [6.07, 6.45) is 6.22. The number of thioether (sulfide) groups is 1. The van der Waals surface area contributed by atoms with E-state index in [2.05, 4.69) is 34.9 Å². The Kier molecular flexibility index (Phi) is 9.73. The van der Waals surface area contributed by atoms with Crippen LogP contribution in [0.2, 0.25) is 0 Å². The topological polar surface area (TPSA) is 113 Å². The molecule has 2 aliphatic rings. The third-order valence-corrected chi connectivity index (χ3v) is 8.24. The Morgan fingerprint density at radius 1 is 1.21 bits per heavy atom. The van der Waals surface area contributed by atoms with Crippen molar-refractivity contribution in [3.05, 3.63) is 81.9 Å². The van der Waals surface area contributed by atoms with E-state index in [1.807, 2.05) is 40.5 Å². The summed E-state index contributed by atoms with van der Waals surface area (Å²) in [5, 5.41) is 16.9. The van der Waals surface area contributed by atoms with Gasteiger partial charge in [0.25, 0.3) is 5.69 Å². The normalized spacial score (nSPS) is 19.2. The van der Waals surface area contributed by atoms with Crippen LogP contribution in [0.4, 0.5) is 10.5 Å². The van der Waals surface area contributed by atoms with Gasteiger partial charge in [-0.05, 0) is 53.8 Å². The van der Waals surface area contributed by atoms with Crippen LogP contribution in [0.3, 0.4) is 0 Å².